The maximum Gasteiger partial charge on any atom is 0.241 e. The summed E-state index contributed by atoms with van der Waals surface area (Å²) in [7, 11) is 1.78. The van der Waals surface area contributed by atoms with Crippen molar-refractivity contribution < 1.29 is 14.3 Å². The van der Waals surface area contributed by atoms with Gasteiger partial charge in [0, 0.05) is 31.0 Å². The fraction of sp³-hybridized carbons (Fsp3) is 0.579. The molecule has 1 aromatic carbocycles. The van der Waals surface area contributed by atoms with Crippen LogP contribution in [0.5, 0.6) is 0 Å². The lowest BCUT2D eigenvalue weighted by molar-refractivity contribution is -0.124. The molecular formula is C19H30N4O3. The van der Waals surface area contributed by atoms with Crippen LogP contribution in [0.25, 0.3) is 0 Å². The highest BCUT2D eigenvalue weighted by Crippen LogP contribution is 2.19. The van der Waals surface area contributed by atoms with Crippen LogP contribution in [0.1, 0.15) is 20.3 Å². The number of rotatable bonds is 8. The summed E-state index contributed by atoms with van der Waals surface area (Å²) in [6.07, 6.45) is 0.895. The van der Waals surface area contributed by atoms with Crippen LogP contribution in [0, 0.1) is 0 Å². The van der Waals surface area contributed by atoms with Crippen LogP contribution in [0.15, 0.2) is 24.3 Å². The molecular weight excluding hydrogens is 332 g/mol. The number of benzene rings is 1. The molecule has 1 fully saturated rings. The van der Waals surface area contributed by atoms with E-state index in [1.165, 1.54) is 0 Å². The van der Waals surface area contributed by atoms with Gasteiger partial charge >= 0.3 is 0 Å². The van der Waals surface area contributed by atoms with Crippen LogP contribution in [-0.4, -0.2) is 69.2 Å². The molecule has 1 saturated heterocycles. The molecule has 7 nitrogen and oxygen atoms in total. The van der Waals surface area contributed by atoms with E-state index in [-0.39, 0.29) is 18.4 Å². The van der Waals surface area contributed by atoms with Crippen molar-refractivity contribution in [3.63, 3.8) is 0 Å². The SMILES string of the molecule is CCCNC(=O)CN(C)[C@@H](C)C(=O)Nc1ccc(N2CCOCC2)cc1. The summed E-state index contributed by atoms with van der Waals surface area (Å²) in [5, 5.41) is 5.73. The second kappa shape index (κ2) is 10.1. The zero-order valence-electron chi connectivity index (χ0n) is 16.0. The third kappa shape index (κ3) is 6.00. The molecule has 0 bridgehead atoms. The highest BCUT2D eigenvalue weighted by molar-refractivity contribution is 5.95. The van der Waals surface area contributed by atoms with Gasteiger partial charge in [-0.1, -0.05) is 6.92 Å². The monoisotopic (exact) mass is 362 g/mol. The van der Waals surface area contributed by atoms with E-state index in [2.05, 4.69) is 15.5 Å². The van der Waals surface area contributed by atoms with Gasteiger partial charge in [-0.25, -0.2) is 0 Å². The Bertz CT molecular complexity index is 585. The molecule has 2 rings (SSSR count). The number of hydrogen-bond acceptors (Lipinski definition) is 5. The Morgan fingerprint density at radius 1 is 1.23 bits per heavy atom. The number of hydrogen-bond donors (Lipinski definition) is 2. The van der Waals surface area contributed by atoms with E-state index in [9.17, 15) is 9.59 Å². The highest BCUT2D eigenvalue weighted by Gasteiger charge is 2.20. The fourth-order valence-corrected chi connectivity index (χ4v) is 2.71. The van der Waals surface area contributed by atoms with E-state index in [0.717, 1.165) is 44.1 Å². The molecule has 0 spiro atoms. The quantitative estimate of drug-likeness (QED) is 0.729. The van der Waals surface area contributed by atoms with E-state index < -0.39 is 6.04 Å². The van der Waals surface area contributed by atoms with E-state index in [1.807, 2.05) is 31.2 Å². The van der Waals surface area contributed by atoms with Crippen molar-refractivity contribution in [1.82, 2.24) is 10.2 Å². The number of ether oxygens (including phenoxy) is 1. The molecule has 0 unspecified atom stereocenters. The lowest BCUT2D eigenvalue weighted by atomic mass is 10.2. The Balaban J connectivity index is 1.84. The van der Waals surface area contributed by atoms with Gasteiger partial charge in [0.1, 0.15) is 0 Å². The first kappa shape index (κ1) is 20.2. The zero-order valence-corrected chi connectivity index (χ0v) is 16.0. The lowest BCUT2D eigenvalue weighted by Gasteiger charge is -2.29. The number of carbonyl (C=O) groups is 2. The van der Waals surface area contributed by atoms with Crippen molar-refractivity contribution in [2.24, 2.45) is 0 Å². The molecule has 1 atom stereocenters. The molecule has 1 aliphatic heterocycles. The lowest BCUT2D eigenvalue weighted by Crippen LogP contribution is -2.44. The molecule has 7 heteroatoms. The Hall–Kier alpha value is -2.12. The molecule has 1 aliphatic rings. The summed E-state index contributed by atoms with van der Waals surface area (Å²) in [5.74, 6) is -0.196. The number of anilines is 2. The Morgan fingerprint density at radius 3 is 2.50 bits per heavy atom. The van der Waals surface area contributed by atoms with Crippen molar-refractivity contribution in [3.8, 4) is 0 Å². The largest absolute Gasteiger partial charge is 0.378 e. The third-order valence-electron chi connectivity index (χ3n) is 4.52. The van der Waals surface area contributed by atoms with Gasteiger partial charge in [0.25, 0.3) is 0 Å². The number of amides is 2. The number of likely N-dealkylation sites (N-methyl/N-ethyl adjacent to an activating group) is 1. The van der Waals surface area contributed by atoms with Gasteiger partial charge < -0.3 is 20.3 Å². The summed E-state index contributed by atoms with van der Waals surface area (Å²) in [5.41, 5.74) is 1.88. The standard InChI is InChI=1S/C19H30N4O3/c1-4-9-20-18(24)14-22(3)15(2)19(25)21-16-5-7-17(8-6-16)23-10-12-26-13-11-23/h5-8,15H,4,9-14H2,1-3H3,(H,20,24)(H,21,25)/t15-/m0/s1. The van der Waals surface area contributed by atoms with Crippen molar-refractivity contribution in [3.05, 3.63) is 24.3 Å². The van der Waals surface area contributed by atoms with Gasteiger partial charge in [-0.2, -0.15) is 0 Å². The molecule has 2 N–H and O–H groups in total. The van der Waals surface area contributed by atoms with Gasteiger partial charge in [0.15, 0.2) is 0 Å². The van der Waals surface area contributed by atoms with E-state index in [0.29, 0.717) is 6.54 Å². The first-order valence-corrected chi connectivity index (χ1v) is 9.21. The van der Waals surface area contributed by atoms with Crippen LogP contribution in [0.3, 0.4) is 0 Å². The maximum absolute atomic E-state index is 12.4. The summed E-state index contributed by atoms with van der Waals surface area (Å²) >= 11 is 0. The van der Waals surface area contributed by atoms with Gasteiger partial charge in [0.2, 0.25) is 11.8 Å². The fourth-order valence-electron chi connectivity index (χ4n) is 2.71. The second-order valence-corrected chi connectivity index (χ2v) is 6.58. The van der Waals surface area contributed by atoms with Crippen LogP contribution in [0.4, 0.5) is 11.4 Å². The van der Waals surface area contributed by atoms with Gasteiger partial charge in [-0.15, -0.1) is 0 Å². The van der Waals surface area contributed by atoms with Crippen molar-refractivity contribution in [1.29, 1.82) is 0 Å². The van der Waals surface area contributed by atoms with Crippen molar-refractivity contribution in [2.75, 3.05) is 56.7 Å². The van der Waals surface area contributed by atoms with Crippen molar-refractivity contribution in [2.45, 2.75) is 26.3 Å². The van der Waals surface area contributed by atoms with Crippen LogP contribution >= 0.6 is 0 Å². The average Bonchev–Trinajstić information content (AvgIpc) is 2.67. The van der Waals surface area contributed by atoms with Crippen LogP contribution in [0.2, 0.25) is 0 Å². The Morgan fingerprint density at radius 2 is 1.88 bits per heavy atom. The minimum absolute atomic E-state index is 0.0659. The molecule has 0 aliphatic carbocycles. The third-order valence-corrected chi connectivity index (χ3v) is 4.52. The summed E-state index contributed by atoms with van der Waals surface area (Å²) in [4.78, 5) is 28.2. The van der Waals surface area contributed by atoms with E-state index in [4.69, 9.17) is 4.74 Å². The number of nitrogens with one attached hydrogen (secondary N) is 2. The van der Waals surface area contributed by atoms with Crippen molar-refractivity contribution >= 4 is 23.2 Å². The molecule has 0 saturated carbocycles. The molecule has 1 heterocycles. The number of morpholine rings is 1. The Kier molecular flexibility index (Phi) is 7.87. The topological polar surface area (TPSA) is 73.9 Å². The summed E-state index contributed by atoms with van der Waals surface area (Å²) in [6, 6.07) is 7.43. The predicted molar refractivity (Wildman–Crippen MR) is 103 cm³/mol. The highest BCUT2D eigenvalue weighted by atomic mass is 16.5. The first-order valence-electron chi connectivity index (χ1n) is 9.21. The molecule has 0 aromatic heterocycles. The predicted octanol–water partition coefficient (Wildman–Crippen LogP) is 1.31. The second-order valence-electron chi connectivity index (χ2n) is 6.58. The van der Waals surface area contributed by atoms with Crippen LogP contribution < -0.4 is 15.5 Å². The van der Waals surface area contributed by atoms with E-state index >= 15 is 0 Å². The summed E-state index contributed by atoms with van der Waals surface area (Å²) < 4.78 is 5.36. The van der Waals surface area contributed by atoms with Gasteiger partial charge in [-0.05, 0) is 44.7 Å². The summed E-state index contributed by atoms with van der Waals surface area (Å²) in [6.45, 7) is 7.91. The molecule has 1 aromatic rings. The number of nitrogens with zero attached hydrogens (tertiary/aromatic N) is 2. The van der Waals surface area contributed by atoms with Crippen LogP contribution in [-0.2, 0) is 14.3 Å². The smallest absolute Gasteiger partial charge is 0.241 e. The van der Waals surface area contributed by atoms with E-state index in [1.54, 1.807) is 18.9 Å². The normalized spacial score (nSPS) is 15.6. The minimum Gasteiger partial charge on any atom is -0.378 e. The maximum atomic E-state index is 12.4. The van der Waals surface area contributed by atoms with Gasteiger partial charge in [0.05, 0.1) is 25.8 Å². The average molecular weight is 362 g/mol. The minimum atomic E-state index is -0.402. The molecule has 0 radical (unpaired) electrons. The molecule has 2 amide bonds. The number of carbonyl (C=O) groups excluding carboxylic acids is 2. The molecule has 144 valence electrons. The first-order chi connectivity index (χ1) is 12.5. The molecule has 26 heavy (non-hydrogen) atoms. The van der Waals surface area contributed by atoms with Gasteiger partial charge in [-0.3, -0.25) is 14.5 Å². The zero-order chi connectivity index (χ0) is 18.9. The Labute approximate surface area is 155 Å².